The molecule has 2 aliphatic heterocycles. The number of ether oxygens (including phenoxy) is 2. The highest BCUT2D eigenvalue weighted by molar-refractivity contribution is 14.1. The van der Waals surface area contributed by atoms with Crippen molar-refractivity contribution in [3.63, 3.8) is 0 Å². The van der Waals surface area contributed by atoms with E-state index in [0.717, 1.165) is 32.4 Å². The number of hydrogen-bond donors (Lipinski definition) is 0. The molecule has 25 heavy (non-hydrogen) atoms. The minimum absolute atomic E-state index is 0.141. The molecule has 0 radical (unpaired) electrons. The van der Waals surface area contributed by atoms with E-state index in [1.54, 1.807) is 4.90 Å². The van der Waals surface area contributed by atoms with Crippen LogP contribution < -0.4 is 4.74 Å². The summed E-state index contributed by atoms with van der Waals surface area (Å²) in [5.74, 6) is 0.884. The van der Waals surface area contributed by atoms with Gasteiger partial charge in [0.1, 0.15) is 18.0 Å². The standard InChI is InChI=1S/C17H21BrClIN2O3/c1-17(2,3)25-16(23)22-5-4-21-7-10-6-12(19)13(18)14(20)15(10)24-9-11(21)8-22/h6,11H,4-5,7-9H2,1-3H3/t11-/m1/s1. The lowest BCUT2D eigenvalue weighted by Crippen LogP contribution is -2.56. The molecule has 1 atom stereocenters. The van der Waals surface area contributed by atoms with E-state index in [-0.39, 0.29) is 12.1 Å². The van der Waals surface area contributed by atoms with Crippen molar-refractivity contribution in [2.75, 3.05) is 26.2 Å². The van der Waals surface area contributed by atoms with Gasteiger partial charge in [-0.15, -0.1) is 0 Å². The Bertz CT molecular complexity index is 695. The number of nitrogens with zero attached hydrogens (tertiary/aromatic N) is 2. The van der Waals surface area contributed by atoms with E-state index >= 15 is 0 Å². The second-order valence-electron chi connectivity index (χ2n) is 7.34. The van der Waals surface area contributed by atoms with Crippen molar-refractivity contribution in [1.29, 1.82) is 0 Å². The zero-order valence-electron chi connectivity index (χ0n) is 14.4. The van der Waals surface area contributed by atoms with Gasteiger partial charge in [-0.1, -0.05) is 11.6 Å². The van der Waals surface area contributed by atoms with Crippen LogP contribution in [0.3, 0.4) is 0 Å². The number of benzene rings is 1. The zero-order chi connectivity index (χ0) is 18.4. The van der Waals surface area contributed by atoms with Crippen LogP contribution in [-0.2, 0) is 11.3 Å². The molecular formula is C17H21BrClIN2O3. The third-order valence-corrected chi connectivity index (χ3v) is 7.36. The van der Waals surface area contributed by atoms with Crippen LogP contribution in [0.2, 0.25) is 5.02 Å². The number of hydrogen-bond acceptors (Lipinski definition) is 4. The first-order chi connectivity index (χ1) is 11.7. The van der Waals surface area contributed by atoms with Gasteiger partial charge in [-0.3, -0.25) is 4.90 Å². The van der Waals surface area contributed by atoms with Crippen molar-refractivity contribution in [2.24, 2.45) is 0 Å². The first kappa shape index (κ1) is 19.5. The summed E-state index contributed by atoms with van der Waals surface area (Å²) in [6, 6.07) is 2.10. The zero-order valence-corrected chi connectivity index (χ0v) is 18.9. The molecule has 0 N–H and O–H groups in total. The molecule has 1 aromatic rings. The normalized spacial score (nSPS) is 21.0. The second kappa shape index (κ2) is 7.40. The van der Waals surface area contributed by atoms with E-state index in [1.165, 1.54) is 0 Å². The predicted molar refractivity (Wildman–Crippen MR) is 109 cm³/mol. The van der Waals surface area contributed by atoms with Crippen molar-refractivity contribution in [2.45, 2.75) is 39.0 Å². The minimum atomic E-state index is -0.483. The maximum atomic E-state index is 12.4. The van der Waals surface area contributed by atoms with Crippen LogP contribution in [0.1, 0.15) is 26.3 Å². The van der Waals surface area contributed by atoms with Crippen molar-refractivity contribution >= 4 is 56.2 Å². The van der Waals surface area contributed by atoms with Gasteiger partial charge in [0.2, 0.25) is 0 Å². The fourth-order valence-electron chi connectivity index (χ4n) is 3.05. The average Bonchev–Trinajstić information content (AvgIpc) is 2.69. The molecule has 0 aliphatic carbocycles. The van der Waals surface area contributed by atoms with Crippen molar-refractivity contribution < 1.29 is 14.3 Å². The number of carbonyl (C=O) groups is 1. The quantitative estimate of drug-likeness (QED) is 0.357. The molecule has 2 heterocycles. The monoisotopic (exact) mass is 542 g/mol. The lowest BCUT2D eigenvalue weighted by molar-refractivity contribution is -0.00156. The fourth-order valence-corrected chi connectivity index (χ4v) is 4.52. The lowest BCUT2D eigenvalue weighted by atomic mass is 10.1. The van der Waals surface area contributed by atoms with Crippen molar-refractivity contribution in [3.05, 3.63) is 24.7 Å². The van der Waals surface area contributed by atoms with E-state index in [9.17, 15) is 4.79 Å². The molecule has 3 rings (SSSR count). The maximum Gasteiger partial charge on any atom is 0.410 e. The van der Waals surface area contributed by atoms with Gasteiger partial charge in [0, 0.05) is 31.7 Å². The van der Waals surface area contributed by atoms with Gasteiger partial charge in [-0.25, -0.2) is 4.79 Å². The van der Waals surface area contributed by atoms with Gasteiger partial charge in [-0.2, -0.15) is 0 Å². The molecule has 0 spiro atoms. The summed E-state index contributed by atoms with van der Waals surface area (Å²) in [5.41, 5.74) is 0.606. The van der Waals surface area contributed by atoms with E-state index in [4.69, 9.17) is 21.1 Å². The van der Waals surface area contributed by atoms with Gasteiger partial charge in [0.05, 0.1) is 19.1 Å². The molecule has 0 unspecified atom stereocenters. The van der Waals surface area contributed by atoms with E-state index < -0.39 is 5.60 Å². The third kappa shape index (κ3) is 4.36. The van der Waals surface area contributed by atoms with Crippen molar-refractivity contribution in [1.82, 2.24) is 9.80 Å². The maximum absolute atomic E-state index is 12.4. The Kier molecular flexibility index (Phi) is 5.78. The molecule has 0 aromatic heterocycles. The van der Waals surface area contributed by atoms with Crippen LogP contribution in [0.4, 0.5) is 4.79 Å². The molecule has 2 aliphatic rings. The number of halogens is 3. The molecule has 0 bridgehead atoms. The fraction of sp³-hybridized carbons (Fsp3) is 0.588. The summed E-state index contributed by atoms with van der Waals surface area (Å²) in [4.78, 5) is 16.5. The Hall–Kier alpha value is -0.250. The second-order valence-corrected chi connectivity index (χ2v) is 9.62. The van der Waals surface area contributed by atoms with Crippen LogP contribution >= 0.6 is 50.1 Å². The first-order valence-electron chi connectivity index (χ1n) is 8.17. The summed E-state index contributed by atoms with van der Waals surface area (Å²) in [6.45, 7) is 9.01. The highest BCUT2D eigenvalue weighted by Crippen LogP contribution is 2.39. The Morgan fingerprint density at radius 1 is 1.44 bits per heavy atom. The van der Waals surface area contributed by atoms with Crippen LogP contribution in [0.25, 0.3) is 0 Å². The molecule has 1 saturated heterocycles. The summed E-state index contributed by atoms with van der Waals surface area (Å²) in [7, 11) is 0. The SMILES string of the molecule is CC(C)(C)OC(=O)N1CCN2Cc3cc(Cl)c(Br)c(I)c3OC[C@H]2C1. The predicted octanol–water partition coefficient (Wildman–Crippen LogP) is 4.52. The molecule has 1 aromatic carbocycles. The summed E-state index contributed by atoms with van der Waals surface area (Å²) in [6.07, 6.45) is -0.255. The number of rotatable bonds is 0. The van der Waals surface area contributed by atoms with Crippen molar-refractivity contribution in [3.8, 4) is 5.75 Å². The number of piperazine rings is 1. The summed E-state index contributed by atoms with van der Waals surface area (Å²) in [5, 5.41) is 0.692. The molecule has 1 fully saturated rings. The average molecular weight is 544 g/mol. The number of fused-ring (bicyclic) bond motifs is 2. The molecule has 0 saturated carbocycles. The Balaban J connectivity index is 1.75. The first-order valence-corrected chi connectivity index (χ1v) is 10.4. The summed E-state index contributed by atoms with van der Waals surface area (Å²) < 4.78 is 13.5. The lowest BCUT2D eigenvalue weighted by Gasteiger charge is -2.40. The molecule has 5 nitrogen and oxygen atoms in total. The smallest absolute Gasteiger partial charge is 0.410 e. The van der Waals surface area contributed by atoms with Gasteiger partial charge < -0.3 is 14.4 Å². The molecular weight excluding hydrogens is 522 g/mol. The minimum Gasteiger partial charge on any atom is -0.490 e. The molecule has 8 heteroatoms. The topological polar surface area (TPSA) is 42.0 Å². The highest BCUT2D eigenvalue weighted by Gasteiger charge is 2.35. The number of carbonyl (C=O) groups excluding carboxylic acids is 1. The molecule has 1 amide bonds. The largest absolute Gasteiger partial charge is 0.490 e. The van der Waals surface area contributed by atoms with E-state index in [0.29, 0.717) is 24.7 Å². The Labute approximate surface area is 175 Å². The van der Waals surface area contributed by atoms with Crippen LogP contribution in [-0.4, -0.2) is 53.8 Å². The summed E-state index contributed by atoms with van der Waals surface area (Å²) >= 11 is 12.1. The van der Waals surface area contributed by atoms with Gasteiger partial charge in [-0.05, 0) is 65.4 Å². The van der Waals surface area contributed by atoms with Crippen LogP contribution in [0, 0.1) is 3.57 Å². The third-order valence-electron chi connectivity index (χ3n) is 4.24. The van der Waals surface area contributed by atoms with Gasteiger partial charge in [0.15, 0.2) is 0 Å². The number of amides is 1. The van der Waals surface area contributed by atoms with E-state index in [1.807, 2.05) is 26.8 Å². The Morgan fingerprint density at radius 3 is 2.84 bits per heavy atom. The van der Waals surface area contributed by atoms with Gasteiger partial charge >= 0.3 is 6.09 Å². The molecule has 138 valence electrons. The van der Waals surface area contributed by atoms with E-state index in [2.05, 4.69) is 43.4 Å². The van der Waals surface area contributed by atoms with Crippen LogP contribution in [0.15, 0.2) is 10.5 Å². The highest BCUT2D eigenvalue weighted by atomic mass is 127. The van der Waals surface area contributed by atoms with Gasteiger partial charge in [0.25, 0.3) is 0 Å². The Morgan fingerprint density at radius 2 is 2.16 bits per heavy atom. The van der Waals surface area contributed by atoms with Crippen LogP contribution in [0.5, 0.6) is 5.75 Å².